The summed E-state index contributed by atoms with van der Waals surface area (Å²) in [5, 5.41) is 16.4. The second kappa shape index (κ2) is 12.0. The first kappa shape index (κ1) is 24.3. The summed E-state index contributed by atoms with van der Waals surface area (Å²) in [4.78, 5) is 27.3. The molecule has 1 fully saturated rings. The first-order chi connectivity index (χ1) is 17.1. The van der Waals surface area contributed by atoms with E-state index >= 15 is 0 Å². The van der Waals surface area contributed by atoms with E-state index in [1.54, 1.807) is 29.2 Å². The number of hydrogen-bond acceptors (Lipinski definition) is 4. The fourth-order valence-electron chi connectivity index (χ4n) is 4.05. The lowest BCUT2D eigenvalue weighted by atomic mass is 10.1. The van der Waals surface area contributed by atoms with Crippen molar-refractivity contribution in [2.24, 2.45) is 0 Å². The Labute approximate surface area is 205 Å². The summed E-state index contributed by atoms with van der Waals surface area (Å²) >= 11 is 0. The third-order valence-electron chi connectivity index (χ3n) is 6.06. The van der Waals surface area contributed by atoms with Gasteiger partial charge in [0.1, 0.15) is 12.4 Å². The Balaban J connectivity index is 1.31. The number of carbonyl (C=O) groups is 2. The minimum absolute atomic E-state index is 0.206. The molecule has 7 nitrogen and oxygen atoms in total. The summed E-state index contributed by atoms with van der Waals surface area (Å²) in [6, 6.07) is 25.7. The molecule has 0 aromatic heterocycles. The maximum absolute atomic E-state index is 12.9. The summed E-state index contributed by atoms with van der Waals surface area (Å²) in [7, 11) is 0. The molecule has 3 aromatic rings. The molecule has 0 bridgehead atoms. The van der Waals surface area contributed by atoms with E-state index in [2.05, 4.69) is 10.6 Å². The van der Waals surface area contributed by atoms with E-state index in [1.807, 2.05) is 60.7 Å². The quantitative estimate of drug-likeness (QED) is 0.488. The van der Waals surface area contributed by atoms with Crippen LogP contribution in [0, 0.1) is 0 Å². The van der Waals surface area contributed by atoms with Gasteiger partial charge in [0.25, 0.3) is 5.91 Å². The number of amides is 3. The van der Waals surface area contributed by atoms with Gasteiger partial charge in [0.15, 0.2) is 0 Å². The lowest BCUT2D eigenvalue weighted by Gasteiger charge is -2.27. The molecule has 7 heteroatoms. The van der Waals surface area contributed by atoms with E-state index in [1.165, 1.54) is 0 Å². The molecular weight excluding hydrogens is 442 g/mol. The highest BCUT2D eigenvalue weighted by Gasteiger charge is 2.29. The summed E-state index contributed by atoms with van der Waals surface area (Å²) in [5.41, 5.74) is 2.54. The van der Waals surface area contributed by atoms with E-state index in [9.17, 15) is 14.7 Å². The predicted octanol–water partition coefficient (Wildman–Crippen LogP) is 3.73. The molecule has 1 saturated heterocycles. The van der Waals surface area contributed by atoms with Crippen molar-refractivity contribution in [2.75, 3.05) is 13.1 Å². The Bertz CT molecular complexity index is 1090. The van der Waals surface area contributed by atoms with E-state index in [0.717, 1.165) is 11.1 Å². The van der Waals surface area contributed by atoms with Crippen LogP contribution in [0.5, 0.6) is 5.75 Å². The molecule has 3 aromatic carbocycles. The maximum atomic E-state index is 12.9. The fraction of sp³-hybridized carbons (Fsp3) is 0.286. The average Bonchev–Trinajstić information content (AvgIpc) is 3.08. The zero-order chi connectivity index (χ0) is 24.5. The van der Waals surface area contributed by atoms with Gasteiger partial charge in [-0.1, -0.05) is 60.7 Å². The highest BCUT2D eigenvalue weighted by atomic mass is 16.5. The summed E-state index contributed by atoms with van der Waals surface area (Å²) in [6.07, 6.45) is 0.457. The summed E-state index contributed by atoms with van der Waals surface area (Å²) in [6.45, 7) is 1.64. The number of urea groups is 1. The van der Waals surface area contributed by atoms with Crippen molar-refractivity contribution in [3.05, 3.63) is 102 Å². The number of rotatable bonds is 7. The second-order valence-electron chi connectivity index (χ2n) is 8.68. The molecule has 0 aliphatic carbocycles. The number of nitrogens with zero attached hydrogens (tertiary/aromatic N) is 1. The molecule has 182 valence electrons. The van der Waals surface area contributed by atoms with E-state index in [4.69, 9.17) is 4.74 Å². The number of likely N-dealkylation sites (tertiary alicyclic amines) is 1. The van der Waals surface area contributed by atoms with Crippen molar-refractivity contribution in [2.45, 2.75) is 38.1 Å². The Morgan fingerprint density at radius 2 is 1.57 bits per heavy atom. The van der Waals surface area contributed by atoms with Gasteiger partial charge in [-0.05, 0) is 48.2 Å². The average molecular weight is 474 g/mol. The van der Waals surface area contributed by atoms with Gasteiger partial charge in [0.05, 0.1) is 12.1 Å². The van der Waals surface area contributed by atoms with Gasteiger partial charge in [-0.2, -0.15) is 0 Å². The Hall–Kier alpha value is -3.84. The molecule has 0 radical (unpaired) electrons. The maximum Gasteiger partial charge on any atom is 0.317 e. The molecule has 0 spiro atoms. The van der Waals surface area contributed by atoms with Gasteiger partial charge in [-0.25, -0.2) is 4.79 Å². The number of hydrogen-bond donors (Lipinski definition) is 3. The molecule has 4 rings (SSSR count). The van der Waals surface area contributed by atoms with Crippen LogP contribution >= 0.6 is 0 Å². The van der Waals surface area contributed by atoms with E-state index in [-0.39, 0.29) is 18.5 Å². The summed E-state index contributed by atoms with van der Waals surface area (Å²) in [5.74, 6) is 0.372. The molecule has 0 saturated carbocycles. The predicted molar refractivity (Wildman–Crippen MR) is 134 cm³/mol. The Kier molecular flexibility index (Phi) is 8.35. The molecule has 1 heterocycles. The number of aliphatic hydroxyl groups excluding tert-OH is 1. The number of ether oxygens (including phenoxy) is 1. The molecule has 1 aliphatic heterocycles. The van der Waals surface area contributed by atoms with Crippen molar-refractivity contribution in [1.82, 2.24) is 15.5 Å². The van der Waals surface area contributed by atoms with Crippen LogP contribution < -0.4 is 15.4 Å². The number of benzene rings is 3. The highest BCUT2D eigenvalue weighted by molar-refractivity contribution is 5.94. The van der Waals surface area contributed by atoms with Crippen LogP contribution in [0.2, 0.25) is 0 Å². The lowest BCUT2D eigenvalue weighted by molar-refractivity contribution is 0.0809. The number of aliphatic hydroxyl groups is 1. The van der Waals surface area contributed by atoms with Gasteiger partial charge in [0.2, 0.25) is 0 Å². The van der Waals surface area contributed by atoms with Crippen LogP contribution in [0.4, 0.5) is 4.79 Å². The van der Waals surface area contributed by atoms with E-state index < -0.39 is 12.1 Å². The molecule has 2 atom stereocenters. The second-order valence-corrected chi connectivity index (χ2v) is 8.68. The lowest BCUT2D eigenvalue weighted by Crippen LogP contribution is -2.51. The molecular formula is C28H31N3O4. The van der Waals surface area contributed by atoms with Gasteiger partial charge in [0, 0.05) is 25.2 Å². The van der Waals surface area contributed by atoms with Gasteiger partial charge < -0.3 is 25.4 Å². The molecule has 35 heavy (non-hydrogen) atoms. The fourth-order valence-corrected chi connectivity index (χ4v) is 4.05. The normalized spacial score (nSPS) is 17.8. The smallest absolute Gasteiger partial charge is 0.317 e. The third kappa shape index (κ3) is 7.07. The largest absolute Gasteiger partial charge is 0.489 e. The Morgan fingerprint density at radius 1 is 0.914 bits per heavy atom. The zero-order valence-electron chi connectivity index (χ0n) is 19.6. The molecule has 3 N–H and O–H groups in total. The van der Waals surface area contributed by atoms with Crippen LogP contribution in [-0.4, -0.2) is 47.2 Å². The standard InChI is InChI=1S/C28H31N3O4/c32-26-12-7-17-31(28(34)29-18-21-8-3-1-4-9-21)19-25(26)30-27(33)23-13-15-24(16-14-23)35-20-22-10-5-2-6-11-22/h1-6,8-11,13-16,25-26,32H,7,12,17-20H2,(H,29,34)(H,30,33)/t25-,26-/m1/s1. The van der Waals surface area contributed by atoms with Crippen LogP contribution in [0.3, 0.4) is 0 Å². The minimum atomic E-state index is -0.723. The number of nitrogens with one attached hydrogen (secondary N) is 2. The highest BCUT2D eigenvalue weighted by Crippen LogP contribution is 2.16. The van der Waals surface area contributed by atoms with Crippen molar-refractivity contribution in [3.63, 3.8) is 0 Å². The molecule has 0 unspecified atom stereocenters. The zero-order valence-corrected chi connectivity index (χ0v) is 19.6. The van der Waals surface area contributed by atoms with Gasteiger partial charge in [-0.3, -0.25) is 4.79 Å². The monoisotopic (exact) mass is 473 g/mol. The summed E-state index contributed by atoms with van der Waals surface area (Å²) < 4.78 is 5.78. The van der Waals surface area contributed by atoms with Crippen LogP contribution in [-0.2, 0) is 13.2 Å². The molecule has 3 amide bonds. The van der Waals surface area contributed by atoms with Crippen molar-refractivity contribution in [3.8, 4) is 5.75 Å². The molecule has 1 aliphatic rings. The topological polar surface area (TPSA) is 90.9 Å². The van der Waals surface area contributed by atoms with Gasteiger partial charge >= 0.3 is 6.03 Å². The van der Waals surface area contributed by atoms with E-state index in [0.29, 0.717) is 43.9 Å². The van der Waals surface area contributed by atoms with Gasteiger partial charge in [-0.15, -0.1) is 0 Å². The SMILES string of the molecule is O=C(N[C@@H]1CN(C(=O)NCc2ccccc2)CCC[C@H]1O)c1ccc(OCc2ccccc2)cc1. The van der Waals surface area contributed by atoms with Crippen molar-refractivity contribution < 1.29 is 19.4 Å². The van der Waals surface area contributed by atoms with Crippen LogP contribution in [0.25, 0.3) is 0 Å². The van der Waals surface area contributed by atoms with Crippen LogP contribution in [0.15, 0.2) is 84.9 Å². The third-order valence-corrected chi connectivity index (χ3v) is 6.06. The first-order valence-corrected chi connectivity index (χ1v) is 11.9. The minimum Gasteiger partial charge on any atom is -0.489 e. The Morgan fingerprint density at radius 3 is 2.26 bits per heavy atom. The van der Waals surface area contributed by atoms with Crippen molar-refractivity contribution in [1.29, 1.82) is 0 Å². The first-order valence-electron chi connectivity index (χ1n) is 11.9. The number of carbonyl (C=O) groups excluding carboxylic acids is 2. The van der Waals surface area contributed by atoms with Crippen LogP contribution in [0.1, 0.15) is 34.3 Å². The van der Waals surface area contributed by atoms with Crippen molar-refractivity contribution >= 4 is 11.9 Å².